The van der Waals surface area contributed by atoms with Gasteiger partial charge in [-0.1, -0.05) is 48.9 Å². The first-order chi connectivity index (χ1) is 9.67. The van der Waals surface area contributed by atoms with Crippen LogP contribution < -0.4 is 5.32 Å². The minimum absolute atomic E-state index is 0.0533. The van der Waals surface area contributed by atoms with Crippen LogP contribution in [0.1, 0.15) is 35.9 Å². The summed E-state index contributed by atoms with van der Waals surface area (Å²) in [5.74, 6) is -0.0533. The Morgan fingerprint density at radius 2 is 1.90 bits per heavy atom. The number of anilines is 1. The Morgan fingerprint density at radius 3 is 2.50 bits per heavy atom. The van der Waals surface area contributed by atoms with E-state index < -0.39 is 0 Å². The number of aryl methyl sites for hydroxylation is 2. The van der Waals surface area contributed by atoms with E-state index in [-0.39, 0.29) is 5.91 Å². The monoisotopic (exact) mass is 289 g/mol. The molecular formula is C15H19N3OS. The standard InChI is InChI=1S/C15H19N3OS/c1-3-4-5-12-6-8-13(9-7-12)10-14(19)16-15-18-17-11(2)20-15/h6-9H,3-5,10H2,1-2H3,(H,16,18,19). The van der Waals surface area contributed by atoms with Gasteiger partial charge in [-0.3, -0.25) is 4.79 Å². The van der Waals surface area contributed by atoms with Gasteiger partial charge in [0.05, 0.1) is 6.42 Å². The fourth-order valence-electron chi connectivity index (χ4n) is 1.90. The molecule has 1 N–H and O–H groups in total. The molecule has 0 aliphatic heterocycles. The van der Waals surface area contributed by atoms with E-state index in [0.717, 1.165) is 17.0 Å². The van der Waals surface area contributed by atoms with Crippen LogP contribution >= 0.6 is 11.3 Å². The van der Waals surface area contributed by atoms with Crippen molar-refractivity contribution >= 4 is 22.4 Å². The molecule has 0 aliphatic rings. The topological polar surface area (TPSA) is 54.9 Å². The Kier molecular flexibility index (Phi) is 5.24. The van der Waals surface area contributed by atoms with Crippen LogP contribution in [0, 0.1) is 6.92 Å². The van der Waals surface area contributed by atoms with Gasteiger partial charge in [0.2, 0.25) is 11.0 Å². The molecule has 106 valence electrons. The molecule has 0 saturated carbocycles. The zero-order chi connectivity index (χ0) is 14.4. The molecule has 0 spiro atoms. The van der Waals surface area contributed by atoms with E-state index in [1.54, 1.807) is 0 Å². The van der Waals surface area contributed by atoms with Gasteiger partial charge < -0.3 is 5.32 Å². The number of hydrogen-bond donors (Lipinski definition) is 1. The summed E-state index contributed by atoms with van der Waals surface area (Å²) in [5.41, 5.74) is 2.35. The number of carbonyl (C=O) groups is 1. The summed E-state index contributed by atoms with van der Waals surface area (Å²) in [7, 11) is 0. The van der Waals surface area contributed by atoms with E-state index in [4.69, 9.17) is 0 Å². The summed E-state index contributed by atoms with van der Waals surface area (Å²) < 4.78 is 0. The highest BCUT2D eigenvalue weighted by Gasteiger charge is 2.07. The van der Waals surface area contributed by atoms with Crippen molar-refractivity contribution in [3.05, 3.63) is 40.4 Å². The lowest BCUT2D eigenvalue weighted by atomic mass is 10.0. The molecule has 0 saturated heterocycles. The molecular weight excluding hydrogens is 270 g/mol. The molecule has 5 heteroatoms. The van der Waals surface area contributed by atoms with Crippen molar-refractivity contribution in [2.75, 3.05) is 5.32 Å². The maximum Gasteiger partial charge on any atom is 0.230 e. The Labute approximate surface area is 123 Å². The molecule has 0 aliphatic carbocycles. The first-order valence-corrected chi connectivity index (χ1v) is 7.67. The number of benzene rings is 1. The number of unbranched alkanes of at least 4 members (excludes halogenated alkanes) is 1. The van der Waals surface area contributed by atoms with Gasteiger partial charge in [0.1, 0.15) is 5.01 Å². The van der Waals surface area contributed by atoms with Crippen LogP contribution in [0.2, 0.25) is 0 Å². The SMILES string of the molecule is CCCCc1ccc(CC(=O)Nc2nnc(C)s2)cc1. The number of hydrogen-bond acceptors (Lipinski definition) is 4. The molecule has 1 heterocycles. The average molecular weight is 289 g/mol. The van der Waals surface area contributed by atoms with Crippen molar-refractivity contribution in [2.24, 2.45) is 0 Å². The zero-order valence-electron chi connectivity index (χ0n) is 11.8. The molecule has 4 nitrogen and oxygen atoms in total. The fraction of sp³-hybridized carbons (Fsp3) is 0.400. The number of rotatable bonds is 6. The highest BCUT2D eigenvalue weighted by molar-refractivity contribution is 7.15. The number of aromatic nitrogens is 2. The van der Waals surface area contributed by atoms with Gasteiger partial charge in [0, 0.05) is 0 Å². The van der Waals surface area contributed by atoms with E-state index in [2.05, 4.69) is 34.6 Å². The second-order valence-corrected chi connectivity index (χ2v) is 5.95. The highest BCUT2D eigenvalue weighted by atomic mass is 32.1. The third kappa shape index (κ3) is 4.42. The van der Waals surface area contributed by atoms with Crippen LogP contribution in [0.4, 0.5) is 5.13 Å². The zero-order valence-corrected chi connectivity index (χ0v) is 12.7. The van der Waals surface area contributed by atoms with Crippen LogP contribution in [-0.2, 0) is 17.6 Å². The molecule has 20 heavy (non-hydrogen) atoms. The number of nitrogens with zero attached hydrogens (tertiary/aromatic N) is 2. The van der Waals surface area contributed by atoms with Crippen molar-refractivity contribution in [3.8, 4) is 0 Å². The molecule has 0 bridgehead atoms. The first kappa shape index (κ1) is 14.7. The number of carbonyl (C=O) groups excluding carboxylic acids is 1. The Hall–Kier alpha value is -1.75. The van der Waals surface area contributed by atoms with E-state index in [9.17, 15) is 4.79 Å². The molecule has 0 unspecified atom stereocenters. The average Bonchev–Trinajstić information content (AvgIpc) is 2.83. The predicted octanol–water partition coefficient (Wildman–Crippen LogP) is 3.37. The predicted molar refractivity (Wildman–Crippen MR) is 82.0 cm³/mol. The third-order valence-electron chi connectivity index (χ3n) is 2.98. The smallest absolute Gasteiger partial charge is 0.230 e. The highest BCUT2D eigenvalue weighted by Crippen LogP contribution is 2.14. The van der Waals surface area contributed by atoms with Gasteiger partial charge in [0.15, 0.2) is 0 Å². The molecule has 0 radical (unpaired) electrons. The summed E-state index contributed by atoms with van der Waals surface area (Å²) in [5, 5.41) is 11.9. The summed E-state index contributed by atoms with van der Waals surface area (Å²) in [4.78, 5) is 11.9. The molecule has 0 fully saturated rings. The molecule has 2 rings (SSSR count). The summed E-state index contributed by atoms with van der Waals surface area (Å²) in [6, 6.07) is 8.26. The van der Waals surface area contributed by atoms with E-state index in [0.29, 0.717) is 11.6 Å². The van der Waals surface area contributed by atoms with Crippen molar-refractivity contribution in [2.45, 2.75) is 39.5 Å². The van der Waals surface area contributed by atoms with Crippen LogP contribution in [0.15, 0.2) is 24.3 Å². The fourth-order valence-corrected chi connectivity index (χ4v) is 2.51. The third-order valence-corrected chi connectivity index (χ3v) is 3.73. The van der Waals surface area contributed by atoms with Gasteiger partial charge in [-0.15, -0.1) is 10.2 Å². The van der Waals surface area contributed by atoms with Gasteiger partial charge >= 0.3 is 0 Å². The van der Waals surface area contributed by atoms with Crippen LogP contribution in [-0.4, -0.2) is 16.1 Å². The van der Waals surface area contributed by atoms with Crippen molar-refractivity contribution < 1.29 is 4.79 Å². The first-order valence-electron chi connectivity index (χ1n) is 6.85. The minimum Gasteiger partial charge on any atom is -0.300 e. The van der Waals surface area contributed by atoms with Crippen molar-refractivity contribution in [1.82, 2.24) is 10.2 Å². The van der Waals surface area contributed by atoms with Crippen molar-refractivity contribution in [1.29, 1.82) is 0 Å². The van der Waals surface area contributed by atoms with Crippen molar-refractivity contribution in [3.63, 3.8) is 0 Å². The van der Waals surface area contributed by atoms with Crippen LogP contribution in [0.5, 0.6) is 0 Å². The lowest BCUT2D eigenvalue weighted by Gasteiger charge is -2.04. The normalized spacial score (nSPS) is 10.5. The second kappa shape index (κ2) is 7.14. The maximum atomic E-state index is 11.9. The lowest BCUT2D eigenvalue weighted by molar-refractivity contribution is -0.115. The number of nitrogens with one attached hydrogen (secondary N) is 1. The molecule has 0 atom stereocenters. The van der Waals surface area contributed by atoms with Crippen LogP contribution in [0.25, 0.3) is 0 Å². The Balaban J connectivity index is 1.87. The summed E-state index contributed by atoms with van der Waals surface area (Å²) in [6.07, 6.45) is 3.88. The van der Waals surface area contributed by atoms with Gasteiger partial charge in [-0.25, -0.2) is 0 Å². The van der Waals surface area contributed by atoms with Crippen LogP contribution in [0.3, 0.4) is 0 Å². The Morgan fingerprint density at radius 1 is 1.20 bits per heavy atom. The van der Waals surface area contributed by atoms with Gasteiger partial charge in [-0.2, -0.15) is 0 Å². The van der Waals surface area contributed by atoms with Gasteiger partial charge in [0.25, 0.3) is 0 Å². The largest absolute Gasteiger partial charge is 0.300 e. The summed E-state index contributed by atoms with van der Waals surface area (Å²) >= 11 is 1.38. The van der Waals surface area contributed by atoms with E-state index in [1.807, 2.05) is 19.1 Å². The number of amides is 1. The molecule has 2 aromatic rings. The molecule has 1 aromatic heterocycles. The quantitative estimate of drug-likeness (QED) is 0.887. The Bertz CT molecular complexity index is 563. The lowest BCUT2D eigenvalue weighted by Crippen LogP contribution is -2.14. The summed E-state index contributed by atoms with van der Waals surface area (Å²) in [6.45, 7) is 4.05. The van der Waals surface area contributed by atoms with Gasteiger partial charge in [-0.05, 0) is 30.9 Å². The molecule has 1 amide bonds. The minimum atomic E-state index is -0.0533. The van der Waals surface area contributed by atoms with E-state index >= 15 is 0 Å². The second-order valence-electron chi connectivity index (χ2n) is 4.77. The molecule has 1 aromatic carbocycles. The van der Waals surface area contributed by atoms with E-state index in [1.165, 1.54) is 29.7 Å². The maximum absolute atomic E-state index is 11.9.